The molecule has 2 aliphatic rings. The Hall–Kier alpha value is -2.74. The maximum Gasteiger partial charge on any atom is 0.273 e. The van der Waals surface area contributed by atoms with Crippen LogP contribution in [-0.2, 0) is 17.8 Å². The number of nitrogens with zero attached hydrogens (tertiary/aromatic N) is 4. The van der Waals surface area contributed by atoms with Crippen molar-refractivity contribution in [1.29, 1.82) is 0 Å². The number of primary amides is 1. The minimum Gasteiger partial charge on any atom is -0.368 e. The molecule has 0 aromatic carbocycles. The van der Waals surface area contributed by atoms with Crippen LogP contribution in [0.3, 0.4) is 0 Å². The number of rotatable bonds is 3. The van der Waals surface area contributed by atoms with Crippen molar-refractivity contribution in [3.05, 3.63) is 47.0 Å². The molecule has 0 spiro atoms. The van der Waals surface area contributed by atoms with Gasteiger partial charge in [-0.05, 0) is 32.9 Å². The lowest BCUT2D eigenvalue weighted by atomic mass is 9.91. The fraction of sp³-hybridized carbons (Fsp3) is 0.474. The number of carbonyl (C=O) groups excluding carboxylic acids is 2. The van der Waals surface area contributed by atoms with E-state index in [0.29, 0.717) is 18.7 Å². The van der Waals surface area contributed by atoms with Crippen LogP contribution in [0.4, 0.5) is 0 Å². The van der Waals surface area contributed by atoms with Crippen molar-refractivity contribution in [3.63, 3.8) is 0 Å². The van der Waals surface area contributed by atoms with E-state index in [-0.39, 0.29) is 24.0 Å². The second kappa shape index (κ2) is 6.16. The summed E-state index contributed by atoms with van der Waals surface area (Å²) in [6, 6.07) is 4.64. The largest absolute Gasteiger partial charge is 0.368 e. The zero-order chi connectivity index (χ0) is 19.3. The third kappa shape index (κ3) is 2.90. The van der Waals surface area contributed by atoms with E-state index < -0.39 is 11.9 Å². The Morgan fingerprint density at radius 2 is 2.19 bits per heavy atom. The first kappa shape index (κ1) is 17.7. The van der Waals surface area contributed by atoms with Crippen LogP contribution in [0.25, 0.3) is 0 Å². The van der Waals surface area contributed by atoms with Crippen molar-refractivity contribution in [3.8, 4) is 0 Å². The minimum absolute atomic E-state index is 0.107. The highest BCUT2D eigenvalue weighted by Crippen LogP contribution is 2.33. The molecule has 2 atom stereocenters. The van der Waals surface area contributed by atoms with Gasteiger partial charge in [0.05, 0.1) is 24.0 Å². The zero-order valence-corrected chi connectivity index (χ0v) is 15.8. The summed E-state index contributed by atoms with van der Waals surface area (Å²) < 4.78 is 1.54. The van der Waals surface area contributed by atoms with Crippen molar-refractivity contribution in [1.82, 2.24) is 25.0 Å². The summed E-state index contributed by atoms with van der Waals surface area (Å²) in [4.78, 5) is 31.6. The first-order valence-electron chi connectivity index (χ1n) is 9.15. The Balaban J connectivity index is 1.78. The molecule has 2 aromatic rings. The van der Waals surface area contributed by atoms with E-state index in [0.717, 1.165) is 17.0 Å². The Labute approximate surface area is 157 Å². The van der Waals surface area contributed by atoms with Gasteiger partial charge in [-0.1, -0.05) is 6.07 Å². The van der Waals surface area contributed by atoms with Gasteiger partial charge in [0.2, 0.25) is 5.91 Å². The lowest BCUT2D eigenvalue weighted by molar-refractivity contribution is -0.122. The molecule has 2 aromatic heterocycles. The number of nitrogens with one attached hydrogen (secondary N) is 1. The summed E-state index contributed by atoms with van der Waals surface area (Å²) >= 11 is 0. The van der Waals surface area contributed by atoms with Crippen LogP contribution in [0.5, 0.6) is 0 Å². The standard InChI is InChI=1S/C19H24N6O2/c1-11(13-6-4-5-7-21-13)24-10-15(17(20)26)25-16(18(24)27)12-9-22-19(2,3)8-14(12)23-25/h4-7,11,15,22H,8-10H2,1-3H3,(H2,20,26)/t11-,15?/m0/s1. The monoisotopic (exact) mass is 368 g/mol. The van der Waals surface area contributed by atoms with Gasteiger partial charge >= 0.3 is 0 Å². The second-order valence-electron chi connectivity index (χ2n) is 7.94. The third-order valence-electron chi connectivity index (χ3n) is 5.48. The number of aromatic nitrogens is 3. The van der Waals surface area contributed by atoms with E-state index in [4.69, 9.17) is 5.73 Å². The maximum absolute atomic E-state index is 13.4. The van der Waals surface area contributed by atoms with E-state index in [9.17, 15) is 9.59 Å². The minimum atomic E-state index is -0.683. The summed E-state index contributed by atoms with van der Waals surface area (Å²) in [5.74, 6) is -0.630. The molecule has 4 heterocycles. The van der Waals surface area contributed by atoms with Crippen molar-refractivity contribution in [2.45, 2.75) is 51.4 Å². The summed E-state index contributed by atoms with van der Waals surface area (Å²) in [5.41, 5.74) is 8.53. The predicted octanol–water partition coefficient (Wildman–Crippen LogP) is 0.946. The predicted molar refractivity (Wildman–Crippen MR) is 98.8 cm³/mol. The number of pyridine rings is 1. The number of hydrogen-bond acceptors (Lipinski definition) is 5. The van der Waals surface area contributed by atoms with Gasteiger partial charge in [-0.3, -0.25) is 14.6 Å². The Bertz CT molecular complexity index is 904. The molecule has 142 valence electrons. The average molecular weight is 368 g/mol. The molecule has 2 amide bonds. The summed E-state index contributed by atoms with van der Waals surface area (Å²) in [6.45, 7) is 6.84. The fourth-order valence-electron chi connectivity index (χ4n) is 3.91. The number of nitrogens with two attached hydrogens (primary N) is 1. The van der Waals surface area contributed by atoms with E-state index >= 15 is 0 Å². The van der Waals surface area contributed by atoms with Crippen molar-refractivity contribution >= 4 is 11.8 Å². The van der Waals surface area contributed by atoms with E-state index in [1.807, 2.05) is 25.1 Å². The van der Waals surface area contributed by atoms with E-state index in [2.05, 4.69) is 29.2 Å². The summed E-state index contributed by atoms with van der Waals surface area (Å²) in [6.07, 6.45) is 2.39. The van der Waals surface area contributed by atoms with Gasteiger partial charge in [0.25, 0.3) is 5.91 Å². The Kier molecular flexibility index (Phi) is 4.03. The molecule has 3 N–H and O–H groups in total. The average Bonchev–Trinajstić information content (AvgIpc) is 2.99. The normalized spacial score (nSPS) is 22.1. The second-order valence-corrected chi connectivity index (χ2v) is 7.94. The number of amides is 2. The number of hydrogen-bond donors (Lipinski definition) is 2. The van der Waals surface area contributed by atoms with Crippen LogP contribution in [0.2, 0.25) is 0 Å². The molecule has 0 aliphatic carbocycles. The first-order chi connectivity index (χ1) is 12.8. The molecule has 2 aliphatic heterocycles. The van der Waals surface area contributed by atoms with Crippen LogP contribution >= 0.6 is 0 Å². The maximum atomic E-state index is 13.4. The van der Waals surface area contributed by atoms with Gasteiger partial charge in [0.1, 0.15) is 11.7 Å². The molecule has 0 saturated heterocycles. The van der Waals surface area contributed by atoms with Gasteiger partial charge in [0, 0.05) is 30.3 Å². The summed E-state index contributed by atoms with van der Waals surface area (Å²) in [7, 11) is 0. The lowest BCUT2D eigenvalue weighted by Gasteiger charge is -2.36. The van der Waals surface area contributed by atoms with Crippen molar-refractivity contribution < 1.29 is 9.59 Å². The van der Waals surface area contributed by atoms with Crippen LogP contribution < -0.4 is 11.1 Å². The highest BCUT2D eigenvalue weighted by molar-refractivity contribution is 5.97. The highest BCUT2D eigenvalue weighted by atomic mass is 16.2. The zero-order valence-electron chi connectivity index (χ0n) is 15.8. The van der Waals surface area contributed by atoms with Crippen LogP contribution in [0, 0.1) is 0 Å². The highest BCUT2D eigenvalue weighted by Gasteiger charge is 2.42. The van der Waals surface area contributed by atoms with E-state index in [1.165, 1.54) is 0 Å². The molecule has 0 radical (unpaired) electrons. The van der Waals surface area contributed by atoms with Gasteiger partial charge in [-0.15, -0.1) is 0 Å². The molecule has 0 bridgehead atoms. The number of carbonyl (C=O) groups is 2. The molecule has 8 heteroatoms. The van der Waals surface area contributed by atoms with Crippen LogP contribution in [0.15, 0.2) is 24.4 Å². The molecule has 27 heavy (non-hydrogen) atoms. The first-order valence-corrected chi connectivity index (χ1v) is 9.15. The van der Waals surface area contributed by atoms with Gasteiger partial charge in [-0.25, -0.2) is 4.68 Å². The van der Waals surface area contributed by atoms with E-state index in [1.54, 1.807) is 15.8 Å². The topological polar surface area (TPSA) is 106 Å². The van der Waals surface area contributed by atoms with Gasteiger partial charge in [-0.2, -0.15) is 5.10 Å². The van der Waals surface area contributed by atoms with Crippen LogP contribution in [0.1, 0.15) is 60.3 Å². The lowest BCUT2D eigenvalue weighted by Crippen LogP contribution is -2.49. The van der Waals surface area contributed by atoms with Gasteiger partial charge < -0.3 is 16.0 Å². The molecular weight excluding hydrogens is 344 g/mol. The Morgan fingerprint density at radius 3 is 2.85 bits per heavy atom. The van der Waals surface area contributed by atoms with Crippen molar-refractivity contribution in [2.24, 2.45) is 5.73 Å². The third-order valence-corrected chi connectivity index (χ3v) is 5.48. The van der Waals surface area contributed by atoms with Crippen LogP contribution in [-0.4, -0.2) is 43.6 Å². The molecule has 0 saturated carbocycles. The van der Waals surface area contributed by atoms with Gasteiger partial charge in [0.15, 0.2) is 0 Å². The smallest absolute Gasteiger partial charge is 0.273 e. The molecule has 4 rings (SSSR count). The molecule has 0 fully saturated rings. The SMILES string of the molecule is C[C@@H](c1ccccn1)N1CC(C(N)=O)n2nc3c(c2C1=O)CNC(C)(C)C3. The Morgan fingerprint density at radius 1 is 1.41 bits per heavy atom. The summed E-state index contributed by atoms with van der Waals surface area (Å²) in [5, 5.41) is 8.06. The molecule has 8 nitrogen and oxygen atoms in total. The number of fused-ring (bicyclic) bond motifs is 3. The molecular formula is C19H24N6O2. The quantitative estimate of drug-likeness (QED) is 0.839. The fourth-order valence-corrected chi connectivity index (χ4v) is 3.91. The van der Waals surface area contributed by atoms with Crippen molar-refractivity contribution in [2.75, 3.05) is 6.54 Å². The molecule has 1 unspecified atom stereocenters.